The van der Waals surface area contributed by atoms with Gasteiger partial charge >= 0.3 is 0 Å². The highest BCUT2D eigenvalue weighted by atomic mass is 16.2. The maximum Gasteiger partial charge on any atom is 0.244 e. The minimum absolute atomic E-state index is 0.0873. The van der Waals surface area contributed by atoms with E-state index in [0.717, 1.165) is 0 Å². The first-order valence-corrected chi connectivity index (χ1v) is 8.23. The SMILES string of the molecule is CC(C(=O)NCCNc1cc(Nc2ccccn2)ncn1)n1cccn1. The molecule has 0 aliphatic rings. The van der Waals surface area contributed by atoms with E-state index < -0.39 is 0 Å². The molecule has 0 aliphatic carbocycles. The zero-order chi connectivity index (χ0) is 18.2. The van der Waals surface area contributed by atoms with E-state index in [9.17, 15) is 4.79 Å². The van der Waals surface area contributed by atoms with E-state index >= 15 is 0 Å². The lowest BCUT2D eigenvalue weighted by Crippen LogP contribution is -2.34. The normalized spacial score (nSPS) is 11.6. The van der Waals surface area contributed by atoms with E-state index in [1.165, 1.54) is 6.33 Å². The lowest BCUT2D eigenvalue weighted by molar-refractivity contribution is -0.124. The summed E-state index contributed by atoms with van der Waals surface area (Å²) in [5.41, 5.74) is 0. The average Bonchev–Trinajstić information content (AvgIpc) is 3.20. The highest BCUT2D eigenvalue weighted by molar-refractivity contribution is 5.79. The smallest absolute Gasteiger partial charge is 0.244 e. The molecule has 0 radical (unpaired) electrons. The Balaban J connectivity index is 1.45. The molecule has 3 N–H and O–H groups in total. The molecule has 9 heteroatoms. The van der Waals surface area contributed by atoms with E-state index in [2.05, 4.69) is 36.0 Å². The number of nitrogens with zero attached hydrogens (tertiary/aromatic N) is 5. The number of pyridine rings is 1. The van der Waals surface area contributed by atoms with Crippen LogP contribution in [0.5, 0.6) is 0 Å². The molecule has 0 aromatic carbocycles. The zero-order valence-electron chi connectivity index (χ0n) is 14.3. The predicted octanol–water partition coefficient (Wildman–Crippen LogP) is 1.60. The first-order chi connectivity index (χ1) is 12.7. The maximum absolute atomic E-state index is 12.1. The molecule has 3 heterocycles. The Labute approximate surface area is 150 Å². The molecule has 3 rings (SSSR count). The lowest BCUT2D eigenvalue weighted by atomic mass is 10.3. The standard InChI is InChI=1S/C17H20N8O/c1-13(25-10-4-7-23-25)17(26)20-9-8-19-15-11-16(22-12-21-15)24-14-5-2-3-6-18-14/h2-7,10-13H,8-9H2,1H3,(H,20,26)(H2,18,19,21,22,24). The van der Waals surface area contributed by atoms with Crippen LogP contribution in [0.4, 0.5) is 17.5 Å². The number of carbonyl (C=O) groups is 1. The quantitative estimate of drug-likeness (QED) is 0.528. The number of anilines is 3. The van der Waals surface area contributed by atoms with Gasteiger partial charge in [0.1, 0.15) is 29.8 Å². The number of rotatable bonds is 8. The summed E-state index contributed by atoms with van der Waals surface area (Å²) in [6.07, 6.45) is 6.58. The van der Waals surface area contributed by atoms with Crippen LogP contribution in [0.2, 0.25) is 0 Å². The topological polar surface area (TPSA) is 110 Å². The van der Waals surface area contributed by atoms with Gasteiger partial charge in [0.05, 0.1) is 0 Å². The highest BCUT2D eigenvalue weighted by Crippen LogP contribution is 2.13. The van der Waals surface area contributed by atoms with Gasteiger partial charge in [0, 0.05) is 37.7 Å². The summed E-state index contributed by atoms with van der Waals surface area (Å²) in [6.45, 7) is 2.81. The largest absolute Gasteiger partial charge is 0.368 e. The van der Waals surface area contributed by atoms with Crippen LogP contribution in [0.15, 0.2) is 55.2 Å². The summed E-state index contributed by atoms with van der Waals surface area (Å²) < 4.78 is 1.61. The number of amides is 1. The van der Waals surface area contributed by atoms with Gasteiger partial charge in [-0.25, -0.2) is 15.0 Å². The Morgan fingerprint density at radius 1 is 1.08 bits per heavy atom. The molecule has 1 unspecified atom stereocenters. The van der Waals surface area contributed by atoms with Crippen LogP contribution in [-0.2, 0) is 4.79 Å². The van der Waals surface area contributed by atoms with Gasteiger partial charge in [-0.15, -0.1) is 0 Å². The van der Waals surface area contributed by atoms with Crippen molar-refractivity contribution >= 4 is 23.4 Å². The van der Waals surface area contributed by atoms with E-state index in [1.807, 2.05) is 18.2 Å². The number of carbonyl (C=O) groups excluding carboxylic acids is 1. The summed E-state index contributed by atoms with van der Waals surface area (Å²) >= 11 is 0. The fourth-order valence-corrected chi connectivity index (χ4v) is 2.24. The van der Waals surface area contributed by atoms with Crippen molar-refractivity contribution < 1.29 is 4.79 Å². The number of aromatic nitrogens is 5. The maximum atomic E-state index is 12.1. The molecule has 0 saturated carbocycles. The van der Waals surface area contributed by atoms with Crippen LogP contribution >= 0.6 is 0 Å². The second-order valence-corrected chi connectivity index (χ2v) is 5.51. The van der Waals surface area contributed by atoms with E-state index in [-0.39, 0.29) is 11.9 Å². The second kappa shape index (κ2) is 8.56. The molecule has 0 bridgehead atoms. The van der Waals surface area contributed by atoms with Crippen molar-refractivity contribution in [2.75, 3.05) is 23.7 Å². The summed E-state index contributed by atoms with van der Waals surface area (Å²) in [6, 6.07) is 8.81. The Morgan fingerprint density at radius 2 is 1.96 bits per heavy atom. The van der Waals surface area contributed by atoms with Gasteiger partial charge < -0.3 is 16.0 Å². The summed E-state index contributed by atoms with van der Waals surface area (Å²) in [7, 11) is 0. The van der Waals surface area contributed by atoms with Gasteiger partial charge in [-0.2, -0.15) is 5.10 Å². The van der Waals surface area contributed by atoms with Gasteiger partial charge in [-0.1, -0.05) is 6.07 Å². The molecule has 26 heavy (non-hydrogen) atoms. The van der Waals surface area contributed by atoms with Crippen molar-refractivity contribution in [1.82, 2.24) is 30.0 Å². The molecule has 134 valence electrons. The number of hydrogen-bond donors (Lipinski definition) is 3. The average molecular weight is 352 g/mol. The monoisotopic (exact) mass is 352 g/mol. The molecule has 0 fully saturated rings. The van der Waals surface area contributed by atoms with E-state index in [1.54, 1.807) is 42.3 Å². The van der Waals surface area contributed by atoms with Crippen molar-refractivity contribution in [3.8, 4) is 0 Å². The van der Waals surface area contributed by atoms with Crippen molar-refractivity contribution in [2.24, 2.45) is 0 Å². The van der Waals surface area contributed by atoms with Crippen LogP contribution in [0.1, 0.15) is 13.0 Å². The molecular formula is C17H20N8O. The fraction of sp³-hybridized carbons (Fsp3) is 0.235. The van der Waals surface area contributed by atoms with Crippen LogP contribution < -0.4 is 16.0 Å². The second-order valence-electron chi connectivity index (χ2n) is 5.51. The summed E-state index contributed by atoms with van der Waals surface area (Å²) in [5, 5.41) is 13.2. The Hall–Kier alpha value is -3.49. The van der Waals surface area contributed by atoms with Gasteiger partial charge in [0.2, 0.25) is 5.91 Å². The Morgan fingerprint density at radius 3 is 2.73 bits per heavy atom. The van der Waals surface area contributed by atoms with Gasteiger partial charge in [0.15, 0.2) is 0 Å². The minimum Gasteiger partial charge on any atom is -0.368 e. The van der Waals surface area contributed by atoms with Crippen LogP contribution in [0.3, 0.4) is 0 Å². The zero-order valence-corrected chi connectivity index (χ0v) is 14.3. The van der Waals surface area contributed by atoms with Gasteiger partial charge in [0.25, 0.3) is 0 Å². The molecule has 3 aromatic heterocycles. The third-order valence-electron chi connectivity index (χ3n) is 3.62. The third kappa shape index (κ3) is 4.76. The van der Waals surface area contributed by atoms with Crippen molar-refractivity contribution in [3.05, 3.63) is 55.2 Å². The summed E-state index contributed by atoms with van der Waals surface area (Å²) in [5.74, 6) is 1.91. The van der Waals surface area contributed by atoms with Gasteiger partial charge in [-0.05, 0) is 25.1 Å². The first-order valence-electron chi connectivity index (χ1n) is 8.23. The van der Waals surface area contributed by atoms with Crippen LogP contribution in [-0.4, -0.2) is 43.7 Å². The molecule has 1 atom stereocenters. The molecule has 0 aliphatic heterocycles. The highest BCUT2D eigenvalue weighted by Gasteiger charge is 2.13. The number of nitrogens with one attached hydrogen (secondary N) is 3. The first kappa shape index (κ1) is 17.3. The molecule has 3 aromatic rings. The predicted molar refractivity (Wildman–Crippen MR) is 98.0 cm³/mol. The van der Waals surface area contributed by atoms with Gasteiger partial charge in [-0.3, -0.25) is 9.48 Å². The third-order valence-corrected chi connectivity index (χ3v) is 3.62. The molecule has 9 nitrogen and oxygen atoms in total. The Bertz CT molecular complexity index is 822. The van der Waals surface area contributed by atoms with Crippen LogP contribution in [0.25, 0.3) is 0 Å². The van der Waals surface area contributed by atoms with Crippen LogP contribution in [0, 0.1) is 0 Å². The van der Waals surface area contributed by atoms with Crippen molar-refractivity contribution in [2.45, 2.75) is 13.0 Å². The van der Waals surface area contributed by atoms with Crippen molar-refractivity contribution in [3.63, 3.8) is 0 Å². The lowest BCUT2D eigenvalue weighted by Gasteiger charge is -2.13. The molecule has 0 spiro atoms. The molecular weight excluding hydrogens is 332 g/mol. The van der Waals surface area contributed by atoms with Crippen molar-refractivity contribution in [1.29, 1.82) is 0 Å². The number of hydrogen-bond acceptors (Lipinski definition) is 7. The Kier molecular flexibility index (Phi) is 5.71. The molecule has 0 saturated heterocycles. The molecule has 1 amide bonds. The van der Waals surface area contributed by atoms with E-state index in [0.29, 0.717) is 30.5 Å². The van der Waals surface area contributed by atoms with E-state index in [4.69, 9.17) is 0 Å². The summed E-state index contributed by atoms with van der Waals surface area (Å²) in [4.78, 5) is 24.6. The minimum atomic E-state index is -0.349. The fourth-order valence-electron chi connectivity index (χ4n) is 2.24.